The van der Waals surface area contributed by atoms with E-state index in [0.717, 1.165) is 18.6 Å². The largest absolute Gasteiger partial charge is 0.497 e. The molecule has 0 aromatic heterocycles. The standard InChI is InChI=1S/C17H25N3O3/c1-4-12(2)18-16(21)15-6-5-11-20(15)17(22)19-13-7-9-14(23-3)10-8-13/h7-10,12,15H,4-6,11H2,1-3H3,(H,18,21)(H,19,22)/t12-,15+/m0/s1. The number of ether oxygens (including phenoxy) is 1. The second-order valence-corrected chi connectivity index (χ2v) is 5.83. The predicted octanol–water partition coefficient (Wildman–Crippen LogP) is 2.61. The van der Waals surface area contributed by atoms with Crippen molar-refractivity contribution in [2.45, 2.75) is 45.2 Å². The summed E-state index contributed by atoms with van der Waals surface area (Å²) in [5.41, 5.74) is 0.684. The highest BCUT2D eigenvalue weighted by molar-refractivity contribution is 5.94. The molecule has 0 unspecified atom stereocenters. The van der Waals surface area contributed by atoms with E-state index in [0.29, 0.717) is 18.7 Å². The van der Waals surface area contributed by atoms with Crippen LogP contribution in [0.3, 0.4) is 0 Å². The van der Waals surface area contributed by atoms with Crippen molar-refractivity contribution in [2.24, 2.45) is 0 Å². The zero-order valence-corrected chi connectivity index (χ0v) is 14.0. The van der Waals surface area contributed by atoms with Gasteiger partial charge in [-0.05, 0) is 50.5 Å². The van der Waals surface area contributed by atoms with Crippen molar-refractivity contribution in [1.29, 1.82) is 0 Å². The highest BCUT2D eigenvalue weighted by Crippen LogP contribution is 2.20. The molecule has 2 atom stereocenters. The van der Waals surface area contributed by atoms with E-state index in [4.69, 9.17) is 4.74 Å². The zero-order valence-electron chi connectivity index (χ0n) is 14.0. The number of carbonyl (C=O) groups is 2. The molecule has 1 heterocycles. The second-order valence-electron chi connectivity index (χ2n) is 5.83. The molecule has 1 aliphatic heterocycles. The molecule has 23 heavy (non-hydrogen) atoms. The molecular formula is C17H25N3O3. The van der Waals surface area contributed by atoms with Crippen LogP contribution in [-0.4, -0.2) is 42.6 Å². The minimum Gasteiger partial charge on any atom is -0.497 e. The molecular weight excluding hydrogens is 294 g/mol. The minimum absolute atomic E-state index is 0.0678. The van der Waals surface area contributed by atoms with Crippen LogP contribution < -0.4 is 15.4 Å². The lowest BCUT2D eigenvalue weighted by atomic mass is 10.2. The van der Waals surface area contributed by atoms with Crippen LogP contribution in [0.4, 0.5) is 10.5 Å². The number of hydrogen-bond acceptors (Lipinski definition) is 3. The van der Waals surface area contributed by atoms with Crippen LogP contribution in [0.2, 0.25) is 0 Å². The lowest BCUT2D eigenvalue weighted by Crippen LogP contribution is -2.49. The van der Waals surface area contributed by atoms with Gasteiger partial charge in [0.05, 0.1) is 7.11 Å². The predicted molar refractivity (Wildman–Crippen MR) is 89.6 cm³/mol. The van der Waals surface area contributed by atoms with Crippen molar-refractivity contribution >= 4 is 17.6 Å². The number of hydrogen-bond donors (Lipinski definition) is 2. The van der Waals surface area contributed by atoms with Gasteiger partial charge >= 0.3 is 6.03 Å². The maximum Gasteiger partial charge on any atom is 0.322 e. The van der Waals surface area contributed by atoms with Gasteiger partial charge in [0.2, 0.25) is 5.91 Å². The first-order chi connectivity index (χ1) is 11.0. The van der Waals surface area contributed by atoms with Crippen molar-refractivity contribution in [3.05, 3.63) is 24.3 Å². The number of nitrogens with zero attached hydrogens (tertiary/aromatic N) is 1. The highest BCUT2D eigenvalue weighted by Gasteiger charge is 2.34. The summed E-state index contributed by atoms with van der Waals surface area (Å²) in [5.74, 6) is 0.664. The van der Waals surface area contributed by atoms with E-state index in [9.17, 15) is 9.59 Å². The van der Waals surface area contributed by atoms with Gasteiger partial charge in [-0.25, -0.2) is 4.79 Å². The van der Waals surface area contributed by atoms with Crippen LogP contribution in [0.25, 0.3) is 0 Å². The molecule has 1 saturated heterocycles. The minimum atomic E-state index is -0.387. The number of urea groups is 1. The lowest BCUT2D eigenvalue weighted by molar-refractivity contribution is -0.125. The molecule has 1 fully saturated rings. The van der Waals surface area contributed by atoms with Gasteiger partial charge in [-0.2, -0.15) is 0 Å². The van der Waals surface area contributed by atoms with E-state index < -0.39 is 0 Å². The Morgan fingerprint density at radius 3 is 2.65 bits per heavy atom. The number of methoxy groups -OCH3 is 1. The first-order valence-electron chi connectivity index (χ1n) is 8.07. The smallest absolute Gasteiger partial charge is 0.322 e. The molecule has 0 radical (unpaired) electrons. The van der Waals surface area contributed by atoms with Gasteiger partial charge < -0.3 is 20.3 Å². The second kappa shape index (κ2) is 7.85. The third-order valence-corrected chi connectivity index (χ3v) is 4.16. The van der Waals surface area contributed by atoms with Crippen molar-refractivity contribution in [3.63, 3.8) is 0 Å². The topological polar surface area (TPSA) is 70.7 Å². The average molecular weight is 319 g/mol. The average Bonchev–Trinajstić information content (AvgIpc) is 3.05. The Kier molecular flexibility index (Phi) is 5.84. The third kappa shape index (κ3) is 4.37. The number of rotatable bonds is 5. The molecule has 0 spiro atoms. The first kappa shape index (κ1) is 17.1. The quantitative estimate of drug-likeness (QED) is 0.876. The van der Waals surface area contributed by atoms with Gasteiger partial charge in [0.1, 0.15) is 11.8 Å². The lowest BCUT2D eigenvalue weighted by Gasteiger charge is -2.25. The summed E-state index contributed by atoms with van der Waals surface area (Å²) in [6, 6.07) is 6.62. The van der Waals surface area contributed by atoms with Gasteiger partial charge in [0.25, 0.3) is 0 Å². The molecule has 2 rings (SSSR count). The Labute approximate surface area is 137 Å². The number of carbonyl (C=O) groups excluding carboxylic acids is 2. The van der Waals surface area contributed by atoms with Gasteiger partial charge in [-0.1, -0.05) is 6.92 Å². The first-order valence-corrected chi connectivity index (χ1v) is 8.07. The number of benzene rings is 1. The normalized spacial score (nSPS) is 18.4. The van der Waals surface area contributed by atoms with Crippen LogP contribution >= 0.6 is 0 Å². The zero-order chi connectivity index (χ0) is 16.8. The van der Waals surface area contributed by atoms with Crippen molar-refractivity contribution in [2.75, 3.05) is 19.0 Å². The molecule has 2 N–H and O–H groups in total. The summed E-state index contributed by atoms with van der Waals surface area (Å²) in [4.78, 5) is 26.4. The van der Waals surface area contributed by atoms with Crippen LogP contribution in [0.1, 0.15) is 33.1 Å². The summed E-state index contributed by atoms with van der Waals surface area (Å²) < 4.78 is 5.09. The molecule has 1 aromatic carbocycles. The summed E-state index contributed by atoms with van der Waals surface area (Å²) in [5, 5.41) is 5.80. The van der Waals surface area contributed by atoms with Crippen LogP contribution in [-0.2, 0) is 4.79 Å². The van der Waals surface area contributed by atoms with E-state index in [2.05, 4.69) is 10.6 Å². The van der Waals surface area contributed by atoms with E-state index in [1.54, 1.807) is 36.3 Å². The maximum absolute atomic E-state index is 12.4. The summed E-state index contributed by atoms with van der Waals surface area (Å²) in [6.45, 7) is 4.59. The SMILES string of the molecule is CC[C@H](C)NC(=O)[C@H]1CCCN1C(=O)Nc1ccc(OC)cc1. The Morgan fingerprint density at radius 1 is 1.35 bits per heavy atom. The number of nitrogens with one attached hydrogen (secondary N) is 2. The van der Waals surface area contributed by atoms with Crippen molar-refractivity contribution in [1.82, 2.24) is 10.2 Å². The number of anilines is 1. The molecule has 0 aliphatic carbocycles. The Morgan fingerprint density at radius 2 is 2.04 bits per heavy atom. The molecule has 6 nitrogen and oxygen atoms in total. The maximum atomic E-state index is 12.4. The van der Waals surface area contributed by atoms with Crippen LogP contribution in [0, 0.1) is 0 Å². The van der Waals surface area contributed by atoms with Crippen molar-refractivity contribution < 1.29 is 14.3 Å². The fourth-order valence-electron chi connectivity index (χ4n) is 2.59. The van der Waals surface area contributed by atoms with E-state index in [1.807, 2.05) is 13.8 Å². The monoisotopic (exact) mass is 319 g/mol. The fourth-order valence-corrected chi connectivity index (χ4v) is 2.59. The van der Waals surface area contributed by atoms with Gasteiger partial charge in [0.15, 0.2) is 0 Å². The molecule has 1 aliphatic rings. The molecule has 0 saturated carbocycles. The van der Waals surface area contributed by atoms with Gasteiger partial charge in [-0.3, -0.25) is 4.79 Å². The Hall–Kier alpha value is -2.24. The Balaban J connectivity index is 1.98. The fraction of sp³-hybridized carbons (Fsp3) is 0.529. The summed E-state index contributed by atoms with van der Waals surface area (Å²) in [7, 11) is 1.60. The highest BCUT2D eigenvalue weighted by atomic mass is 16.5. The van der Waals surface area contributed by atoms with E-state index in [1.165, 1.54) is 0 Å². The molecule has 6 heteroatoms. The van der Waals surface area contributed by atoms with Crippen LogP contribution in [0.5, 0.6) is 5.75 Å². The third-order valence-electron chi connectivity index (χ3n) is 4.16. The molecule has 0 bridgehead atoms. The Bertz CT molecular complexity index is 545. The van der Waals surface area contributed by atoms with E-state index >= 15 is 0 Å². The molecule has 1 aromatic rings. The van der Waals surface area contributed by atoms with Gasteiger partial charge in [0, 0.05) is 18.3 Å². The number of likely N-dealkylation sites (tertiary alicyclic amines) is 1. The summed E-state index contributed by atoms with van der Waals surface area (Å²) >= 11 is 0. The molecule has 3 amide bonds. The van der Waals surface area contributed by atoms with Crippen molar-refractivity contribution in [3.8, 4) is 5.75 Å². The van der Waals surface area contributed by atoms with Crippen LogP contribution in [0.15, 0.2) is 24.3 Å². The van der Waals surface area contributed by atoms with Gasteiger partial charge in [-0.15, -0.1) is 0 Å². The summed E-state index contributed by atoms with van der Waals surface area (Å²) in [6.07, 6.45) is 2.42. The van der Waals surface area contributed by atoms with E-state index in [-0.39, 0.29) is 24.0 Å². The number of amides is 3. The molecule has 126 valence electrons.